The summed E-state index contributed by atoms with van der Waals surface area (Å²) in [4.78, 5) is -0.177. The second kappa shape index (κ2) is 6.44. The molecule has 0 amide bonds. The maximum Gasteiger partial charge on any atom is 0.238 e. The number of anilines is 1. The summed E-state index contributed by atoms with van der Waals surface area (Å²) in [6.45, 7) is 0.0704. The molecule has 0 atom stereocenters. The lowest BCUT2D eigenvalue weighted by Crippen LogP contribution is -2.12. The molecule has 2 rings (SSSR count). The van der Waals surface area contributed by atoms with E-state index in [4.69, 9.17) is 15.7 Å². The van der Waals surface area contributed by atoms with Crippen LogP contribution in [0.4, 0.5) is 10.1 Å². The van der Waals surface area contributed by atoms with Crippen LogP contribution >= 0.6 is 0 Å². The molecule has 116 valence electrons. The third-order valence-electron chi connectivity index (χ3n) is 3.09. The number of halogens is 1. The van der Waals surface area contributed by atoms with Gasteiger partial charge in [0.15, 0.2) is 0 Å². The van der Waals surface area contributed by atoms with E-state index in [0.29, 0.717) is 11.3 Å². The number of nitrogens with zero attached hydrogens (tertiary/aromatic N) is 2. The van der Waals surface area contributed by atoms with Gasteiger partial charge in [0.2, 0.25) is 10.0 Å². The summed E-state index contributed by atoms with van der Waals surface area (Å²) in [5.41, 5.74) is 0.944. The Balaban J connectivity index is 2.25. The Morgan fingerprint density at radius 1 is 1.13 bits per heavy atom. The Morgan fingerprint density at radius 2 is 1.87 bits per heavy atom. The van der Waals surface area contributed by atoms with Gasteiger partial charge >= 0.3 is 0 Å². The summed E-state index contributed by atoms with van der Waals surface area (Å²) < 4.78 is 36.3. The zero-order chi connectivity index (χ0) is 17.0. The van der Waals surface area contributed by atoms with Crippen LogP contribution in [0.25, 0.3) is 0 Å². The quantitative estimate of drug-likeness (QED) is 0.886. The minimum atomic E-state index is -3.90. The number of nitriles is 2. The average Bonchev–Trinajstić information content (AvgIpc) is 2.52. The molecule has 6 nitrogen and oxygen atoms in total. The van der Waals surface area contributed by atoms with Crippen LogP contribution < -0.4 is 10.5 Å². The SMILES string of the molecule is N#Cc1ccc(CNc2ccc(S(N)(=O)=O)cc2C#N)c(F)c1. The fraction of sp³-hybridized carbons (Fsp3) is 0.0667. The summed E-state index contributed by atoms with van der Waals surface area (Å²) >= 11 is 0. The van der Waals surface area contributed by atoms with Crippen LogP contribution in [-0.4, -0.2) is 8.42 Å². The van der Waals surface area contributed by atoms with Crippen molar-refractivity contribution in [2.75, 3.05) is 5.32 Å². The third kappa shape index (κ3) is 3.83. The zero-order valence-electron chi connectivity index (χ0n) is 11.7. The van der Waals surface area contributed by atoms with E-state index in [1.165, 1.54) is 24.3 Å². The standard InChI is InChI=1S/C15H11FN4O2S/c16-14-5-10(7-17)1-2-11(14)9-20-15-4-3-13(23(19,21)22)6-12(15)8-18/h1-6,20H,9H2,(H2,19,21,22). The van der Waals surface area contributed by atoms with Crippen LogP contribution in [-0.2, 0) is 16.6 Å². The van der Waals surface area contributed by atoms with Crippen molar-refractivity contribution >= 4 is 15.7 Å². The molecule has 0 heterocycles. The lowest BCUT2D eigenvalue weighted by Gasteiger charge is -2.10. The molecule has 2 aromatic carbocycles. The first-order valence-electron chi connectivity index (χ1n) is 6.34. The fourth-order valence-corrected chi connectivity index (χ4v) is 2.44. The van der Waals surface area contributed by atoms with Crippen LogP contribution in [0.5, 0.6) is 0 Å². The second-order valence-corrected chi connectivity index (χ2v) is 6.20. The largest absolute Gasteiger partial charge is 0.380 e. The van der Waals surface area contributed by atoms with Gasteiger partial charge in [0, 0.05) is 12.1 Å². The number of hydrogen-bond donors (Lipinski definition) is 2. The number of primary sulfonamides is 1. The minimum Gasteiger partial charge on any atom is -0.380 e. The molecule has 8 heteroatoms. The highest BCUT2D eigenvalue weighted by atomic mass is 32.2. The topological polar surface area (TPSA) is 120 Å². The molecular formula is C15H11FN4O2S. The van der Waals surface area contributed by atoms with E-state index >= 15 is 0 Å². The summed E-state index contributed by atoms with van der Waals surface area (Å²) in [6, 6.07) is 11.5. The number of benzene rings is 2. The molecule has 0 aliphatic rings. The smallest absolute Gasteiger partial charge is 0.238 e. The molecular weight excluding hydrogens is 319 g/mol. The van der Waals surface area contributed by atoms with Crippen molar-refractivity contribution in [1.29, 1.82) is 10.5 Å². The molecule has 0 saturated heterocycles. The van der Waals surface area contributed by atoms with E-state index in [1.807, 2.05) is 12.1 Å². The van der Waals surface area contributed by atoms with E-state index < -0.39 is 15.8 Å². The van der Waals surface area contributed by atoms with Gasteiger partial charge in [-0.2, -0.15) is 10.5 Å². The van der Waals surface area contributed by atoms with Crippen LogP contribution in [0.15, 0.2) is 41.3 Å². The number of nitrogens with two attached hydrogens (primary N) is 1. The number of hydrogen-bond acceptors (Lipinski definition) is 5. The van der Waals surface area contributed by atoms with Crippen LogP contribution in [0.1, 0.15) is 16.7 Å². The summed E-state index contributed by atoms with van der Waals surface area (Å²) in [7, 11) is -3.90. The zero-order valence-corrected chi connectivity index (χ0v) is 12.6. The van der Waals surface area contributed by atoms with Gasteiger partial charge in [-0.25, -0.2) is 17.9 Å². The van der Waals surface area contributed by atoms with E-state index in [0.717, 1.165) is 12.1 Å². The van der Waals surface area contributed by atoms with Gasteiger partial charge < -0.3 is 5.32 Å². The van der Waals surface area contributed by atoms with Gasteiger partial charge in [-0.15, -0.1) is 0 Å². The van der Waals surface area contributed by atoms with E-state index in [1.54, 1.807) is 0 Å². The van der Waals surface area contributed by atoms with Crippen molar-refractivity contribution in [3.05, 3.63) is 58.9 Å². The van der Waals surface area contributed by atoms with E-state index in [9.17, 15) is 12.8 Å². The molecule has 0 saturated carbocycles. The normalized spacial score (nSPS) is 10.6. The van der Waals surface area contributed by atoms with Crippen LogP contribution in [0.3, 0.4) is 0 Å². The first-order valence-corrected chi connectivity index (χ1v) is 7.89. The molecule has 0 aromatic heterocycles. The van der Waals surface area contributed by atoms with Gasteiger partial charge in [0.05, 0.1) is 27.8 Å². The molecule has 0 aliphatic carbocycles. The van der Waals surface area contributed by atoms with Gasteiger partial charge in [0.1, 0.15) is 11.9 Å². The molecule has 0 spiro atoms. The highest BCUT2D eigenvalue weighted by molar-refractivity contribution is 7.89. The van der Waals surface area contributed by atoms with Gasteiger partial charge in [-0.05, 0) is 30.3 Å². The molecule has 23 heavy (non-hydrogen) atoms. The van der Waals surface area contributed by atoms with Crippen LogP contribution in [0.2, 0.25) is 0 Å². The second-order valence-electron chi connectivity index (χ2n) is 4.64. The predicted octanol–water partition coefficient (Wildman–Crippen LogP) is 1.83. The molecule has 0 aliphatic heterocycles. The Bertz CT molecular complexity index is 943. The molecule has 3 N–H and O–H groups in total. The summed E-state index contributed by atoms with van der Waals surface area (Å²) in [5, 5.41) is 25.7. The van der Waals surface area contributed by atoms with Crippen LogP contribution in [0, 0.1) is 28.5 Å². The number of rotatable bonds is 4. The molecule has 0 unspecified atom stereocenters. The lowest BCUT2D eigenvalue weighted by atomic mass is 10.1. The first-order chi connectivity index (χ1) is 10.8. The third-order valence-corrected chi connectivity index (χ3v) is 4.00. The van der Waals surface area contributed by atoms with Gasteiger partial charge in [-0.3, -0.25) is 0 Å². The fourth-order valence-electron chi connectivity index (χ4n) is 1.90. The van der Waals surface area contributed by atoms with Crippen molar-refractivity contribution in [1.82, 2.24) is 0 Å². The number of sulfonamides is 1. The Morgan fingerprint density at radius 3 is 2.43 bits per heavy atom. The van der Waals surface area contributed by atoms with Crippen molar-refractivity contribution in [3.63, 3.8) is 0 Å². The summed E-state index contributed by atoms with van der Waals surface area (Å²) in [6.07, 6.45) is 0. The maximum absolute atomic E-state index is 13.8. The van der Waals surface area contributed by atoms with E-state index in [2.05, 4.69) is 5.32 Å². The Kier molecular flexibility index (Phi) is 4.60. The lowest BCUT2D eigenvalue weighted by molar-refractivity contribution is 0.598. The van der Waals surface area contributed by atoms with Gasteiger partial charge in [0.25, 0.3) is 0 Å². The highest BCUT2D eigenvalue weighted by Crippen LogP contribution is 2.20. The molecule has 0 fully saturated rings. The Labute approximate surface area is 132 Å². The Hall–Kier alpha value is -2.94. The van der Waals surface area contributed by atoms with E-state index in [-0.39, 0.29) is 22.6 Å². The van der Waals surface area contributed by atoms with Crippen molar-refractivity contribution < 1.29 is 12.8 Å². The maximum atomic E-state index is 13.8. The molecule has 2 aromatic rings. The van der Waals surface area contributed by atoms with Crippen molar-refractivity contribution in [2.24, 2.45) is 5.14 Å². The summed E-state index contributed by atoms with van der Waals surface area (Å²) in [5.74, 6) is -0.545. The monoisotopic (exact) mass is 330 g/mol. The van der Waals surface area contributed by atoms with Crippen molar-refractivity contribution in [3.8, 4) is 12.1 Å². The predicted molar refractivity (Wildman–Crippen MR) is 81.0 cm³/mol. The van der Waals surface area contributed by atoms with Crippen molar-refractivity contribution in [2.45, 2.75) is 11.4 Å². The molecule has 0 bridgehead atoms. The van der Waals surface area contributed by atoms with Gasteiger partial charge in [-0.1, -0.05) is 6.07 Å². The average molecular weight is 330 g/mol. The number of nitrogens with one attached hydrogen (secondary N) is 1. The minimum absolute atomic E-state index is 0.0704. The highest BCUT2D eigenvalue weighted by Gasteiger charge is 2.12. The molecule has 0 radical (unpaired) electrons. The first kappa shape index (κ1) is 16.4.